The molecule has 7 heteroatoms. The Morgan fingerprint density at radius 1 is 1.14 bits per heavy atom. The maximum Gasteiger partial charge on any atom is 0.225 e. The number of nitrogens with one attached hydrogen (secondary N) is 1. The molecule has 6 nitrogen and oxygen atoms in total. The van der Waals surface area contributed by atoms with E-state index in [0.29, 0.717) is 49.4 Å². The largest absolute Gasteiger partial charge is 0.486 e. The number of likely N-dealkylation sites (tertiary alicyclic amines) is 1. The van der Waals surface area contributed by atoms with Crippen LogP contribution in [0.5, 0.6) is 11.5 Å². The molecule has 1 unspecified atom stereocenters. The first-order valence-electron chi connectivity index (χ1n) is 9.27. The van der Waals surface area contributed by atoms with Gasteiger partial charge in [-0.25, -0.2) is 0 Å². The fourth-order valence-corrected chi connectivity index (χ4v) is 3.79. The highest BCUT2D eigenvalue weighted by atomic mass is 35.5. The second kappa shape index (κ2) is 8.10. The standard InChI is InChI=1S/C21H21ClN2O4/c22-17-8-15(9-18-20(17)28-7-6-27-18)11-23-21(26)16-10-19(25)24(13-16)12-14-4-2-1-3-5-14/h1-5,8-9,16H,6-7,10-13H2,(H,23,26). The predicted octanol–water partition coefficient (Wildman–Crippen LogP) is 2.78. The molecule has 2 aliphatic rings. The third kappa shape index (κ3) is 4.07. The second-order valence-electron chi connectivity index (χ2n) is 6.98. The summed E-state index contributed by atoms with van der Waals surface area (Å²) >= 11 is 6.24. The molecule has 2 aliphatic heterocycles. The van der Waals surface area contributed by atoms with Gasteiger partial charge in [0.15, 0.2) is 11.5 Å². The lowest BCUT2D eigenvalue weighted by atomic mass is 10.1. The zero-order valence-electron chi connectivity index (χ0n) is 15.3. The zero-order valence-corrected chi connectivity index (χ0v) is 16.1. The Morgan fingerprint density at radius 2 is 1.93 bits per heavy atom. The summed E-state index contributed by atoms with van der Waals surface area (Å²) in [4.78, 5) is 26.6. The predicted molar refractivity (Wildman–Crippen MR) is 104 cm³/mol. The minimum absolute atomic E-state index is 0.00590. The number of amides is 2. The molecule has 0 aromatic heterocycles. The van der Waals surface area contributed by atoms with Crippen molar-refractivity contribution < 1.29 is 19.1 Å². The van der Waals surface area contributed by atoms with Gasteiger partial charge in [-0.15, -0.1) is 0 Å². The van der Waals surface area contributed by atoms with Gasteiger partial charge in [0, 0.05) is 26.1 Å². The van der Waals surface area contributed by atoms with E-state index in [2.05, 4.69) is 5.32 Å². The van der Waals surface area contributed by atoms with E-state index in [1.807, 2.05) is 36.4 Å². The molecular weight excluding hydrogens is 380 g/mol. The number of carbonyl (C=O) groups excluding carboxylic acids is 2. The number of nitrogens with zero attached hydrogens (tertiary/aromatic N) is 1. The van der Waals surface area contributed by atoms with Crippen molar-refractivity contribution in [1.82, 2.24) is 10.2 Å². The lowest BCUT2D eigenvalue weighted by molar-refractivity contribution is -0.129. The summed E-state index contributed by atoms with van der Waals surface area (Å²) in [5.41, 5.74) is 1.89. The number of halogens is 1. The highest BCUT2D eigenvalue weighted by Crippen LogP contribution is 2.38. The summed E-state index contributed by atoms with van der Waals surface area (Å²) in [6.07, 6.45) is 0.237. The van der Waals surface area contributed by atoms with Crippen molar-refractivity contribution in [2.75, 3.05) is 19.8 Å². The number of fused-ring (bicyclic) bond motifs is 1. The fraction of sp³-hybridized carbons (Fsp3) is 0.333. The first kappa shape index (κ1) is 18.6. The highest BCUT2D eigenvalue weighted by molar-refractivity contribution is 6.32. The molecular formula is C21H21ClN2O4. The Hall–Kier alpha value is -2.73. The van der Waals surface area contributed by atoms with Crippen LogP contribution in [0.25, 0.3) is 0 Å². The van der Waals surface area contributed by atoms with E-state index in [1.54, 1.807) is 11.0 Å². The van der Waals surface area contributed by atoms with E-state index in [0.717, 1.165) is 11.1 Å². The molecule has 4 rings (SSSR count). The number of ether oxygens (including phenoxy) is 2. The van der Waals surface area contributed by atoms with Gasteiger partial charge in [-0.05, 0) is 23.3 Å². The highest BCUT2D eigenvalue weighted by Gasteiger charge is 2.34. The SMILES string of the molecule is O=C(NCc1cc(Cl)c2c(c1)OCCO2)C1CC(=O)N(Cc2ccccc2)C1. The van der Waals surface area contributed by atoms with Gasteiger partial charge in [0.2, 0.25) is 11.8 Å². The molecule has 28 heavy (non-hydrogen) atoms. The number of rotatable bonds is 5. The maximum absolute atomic E-state index is 12.6. The third-order valence-electron chi connectivity index (χ3n) is 4.92. The van der Waals surface area contributed by atoms with Crippen LogP contribution in [0, 0.1) is 5.92 Å². The smallest absolute Gasteiger partial charge is 0.225 e. The first-order chi connectivity index (χ1) is 13.6. The van der Waals surface area contributed by atoms with E-state index in [1.165, 1.54) is 0 Å². The second-order valence-corrected chi connectivity index (χ2v) is 7.39. The Balaban J connectivity index is 1.34. The van der Waals surface area contributed by atoms with Crippen molar-refractivity contribution in [3.63, 3.8) is 0 Å². The molecule has 146 valence electrons. The molecule has 0 bridgehead atoms. The van der Waals surface area contributed by atoms with Crippen molar-refractivity contribution in [1.29, 1.82) is 0 Å². The Labute approximate surface area is 168 Å². The van der Waals surface area contributed by atoms with Gasteiger partial charge in [0.25, 0.3) is 0 Å². The van der Waals surface area contributed by atoms with Gasteiger partial charge in [-0.3, -0.25) is 9.59 Å². The van der Waals surface area contributed by atoms with E-state index < -0.39 is 0 Å². The quantitative estimate of drug-likeness (QED) is 0.838. The van der Waals surface area contributed by atoms with E-state index in [-0.39, 0.29) is 24.2 Å². The molecule has 2 heterocycles. The molecule has 0 saturated carbocycles. The molecule has 0 spiro atoms. The summed E-state index contributed by atoms with van der Waals surface area (Å²) in [6.45, 7) is 2.22. The van der Waals surface area contributed by atoms with Crippen LogP contribution in [0.3, 0.4) is 0 Å². The van der Waals surface area contributed by atoms with Crippen molar-refractivity contribution in [2.24, 2.45) is 5.92 Å². The summed E-state index contributed by atoms with van der Waals surface area (Å²) < 4.78 is 11.1. The van der Waals surface area contributed by atoms with Gasteiger partial charge in [-0.2, -0.15) is 0 Å². The molecule has 1 fully saturated rings. The van der Waals surface area contributed by atoms with Crippen molar-refractivity contribution in [3.8, 4) is 11.5 Å². The molecule has 2 aromatic carbocycles. The van der Waals surface area contributed by atoms with Crippen molar-refractivity contribution in [2.45, 2.75) is 19.5 Å². The Morgan fingerprint density at radius 3 is 2.75 bits per heavy atom. The minimum atomic E-state index is -0.344. The Kier molecular flexibility index (Phi) is 5.39. The van der Waals surface area contributed by atoms with E-state index in [4.69, 9.17) is 21.1 Å². The van der Waals surface area contributed by atoms with Crippen LogP contribution in [0.1, 0.15) is 17.5 Å². The van der Waals surface area contributed by atoms with Gasteiger partial charge in [0.05, 0.1) is 10.9 Å². The van der Waals surface area contributed by atoms with Crippen LogP contribution in [0.4, 0.5) is 0 Å². The van der Waals surface area contributed by atoms with Crippen molar-refractivity contribution >= 4 is 23.4 Å². The lowest BCUT2D eigenvalue weighted by Gasteiger charge is -2.20. The van der Waals surface area contributed by atoms with Crippen LogP contribution in [0.15, 0.2) is 42.5 Å². The fourth-order valence-electron chi connectivity index (χ4n) is 3.50. The third-order valence-corrected chi connectivity index (χ3v) is 5.21. The van der Waals surface area contributed by atoms with Crippen LogP contribution >= 0.6 is 11.6 Å². The van der Waals surface area contributed by atoms with E-state index >= 15 is 0 Å². The van der Waals surface area contributed by atoms with Crippen LogP contribution in [-0.2, 0) is 22.7 Å². The molecule has 2 amide bonds. The lowest BCUT2D eigenvalue weighted by Crippen LogP contribution is -2.32. The monoisotopic (exact) mass is 400 g/mol. The van der Waals surface area contributed by atoms with Crippen LogP contribution in [-0.4, -0.2) is 36.5 Å². The summed E-state index contributed by atoms with van der Waals surface area (Å²) in [7, 11) is 0. The maximum atomic E-state index is 12.6. The normalized spacial score (nSPS) is 18.2. The molecule has 2 aromatic rings. The Bertz CT molecular complexity index is 887. The first-order valence-corrected chi connectivity index (χ1v) is 9.65. The van der Waals surface area contributed by atoms with Crippen molar-refractivity contribution in [3.05, 3.63) is 58.6 Å². The number of benzene rings is 2. The summed E-state index contributed by atoms with van der Waals surface area (Å²) in [5.74, 6) is 0.666. The molecule has 0 aliphatic carbocycles. The van der Waals surface area contributed by atoms with Gasteiger partial charge < -0.3 is 19.7 Å². The van der Waals surface area contributed by atoms with Gasteiger partial charge >= 0.3 is 0 Å². The molecule has 0 radical (unpaired) electrons. The average Bonchev–Trinajstić information content (AvgIpc) is 3.07. The summed E-state index contributed by atoms with van der Waals surface area (Å²) in [6, 6.07) is 13.4. The molecule has 1 saturated heterocycles. The molecule has 1 N–H and O–H groups in total. The number of hydrogen-bond donors (Lipinski definition) is 1. The van der Waals surface area contributed by atoms with Gasteiger partial charge in [0.1, 0.15) is 13.2 Å². The minimum Gasteiger partial charge on any atom is -0.486 e. The topological polar surface area (TPSA) is 67.9 Å². The summed E-state index contributed by atoms with van der Waals surface area (Å²) in [5, 5.41) is 3.37. The average molecular weight is 401 g/mol. The zero-order chi connectivity index (χ0) is 19.5. The van der Waals surface area contributed by atoms with Gasteiger partial charge in [-0.1, -0.05) is 41.9 Å². The van der Waals surface area contributed by atoms with E-state index in [9.17, 15) is 9.59 Å². The van der Waals surface area contributed by atoms with Crippen LogP contribution in [0.2, 0.25) is 5.02 Å². The number of hydrogen-bond acceptors (Lipinski definition) is 4. The molecule has 1 atom stereocenters. The van der Waals surface area contributed by atoms with Crippen LogP contribution < -0.4 is 14.8 Å². The number of carbonyl (C=O) groups is 2.